The van der Waals surface area contributed by atoms with E-state index in [1.54, 1.807) is 17.4 Å². The van der Waals surface area contributed by atoms with Gasteiger partial charge in [-0.25, -0.2) is 4.98 Å². The first kappa shape index (κ1) is 16.8. The lowest BCUT2D eigenvalue weighted by molar-refractivity contribution is -0.126. The number of phenolic OH excluding ortho intramolecular Hbond substituents is 1. The van der Waals surface area contributed by atoms with Crippen LogP contribution in [0.4, 0.5) is 5.13 Å². The summed E-state index contributed by atoms with van der Waals surface area (Å²) in [5.74, 6) is 2.08. The van der Waals surface area contributed by atoms with Crippen LogP contribution in [0, 0.1) is 18.8 Å². The molecule has 0 amide bonds. The van der Waals surface area contributed by atoms with Crippen molar-refractivity contribution in [3.8, 4) is 17.0 Å². The normalized spacial score (nSPS) is 21.3. The van der Waals surface area contributed by atoms with Crippen molar-refractivity contribution in [2.45, 2.75) is 19.8 Å². The maximum Gasteiger partial charge on any atom is 0.292 e. The summed E-state index contributed by atoms with van der Waals surface area (Å²) in [6.07, 6.45) is 2.82. The number of piperidine rings is 2. The molecule has 6 heteroatoms. The minimum atomic E-state index is 0.314. The van der Waals surface area contributed by atoms with Crippen molar-refractivity contribution in [1.82, 2.24) is 4.98 Å². The third kappa shape index (κ3) is 3.53. The van der Waals surface area contributed by atoms with Gasteiger partial charge in [0, 0.05) is 24.0 Å². The van der Waals surface area contributed by atoms with Gasteiger partial charge in [0.2, 0.25) is 0 Å². The van der Waals surface area contributed by atoms with Gasteiger partial charge in [-0.1, -0.05) is 11.6 Å². The molecule has 2 bridgehead atoms. The molecular weight excluding hydrogens is 324 g/mol. The Balaban J connectivity index is 0.000000383. The predicted octanol–water partition coefficient (Wildman–Crippen LogP) is 3.46. The summed E-state index contributed by atoms with van der Waals surface area (Å²) in [4.78, 5) is 16.1. The molecule has 0 spiro atoms. The lowest BCUT2D eigenvalue weighted by atomic mass is 9.71. The molecule has 3 aliphatic rings. The molecule has 0 atom stereocenters. The highest BCUT2D eigenvalue weighted by Crippen LogP contribution is 2.42. The van der Waals surface area contributed by atoms with Crippen LogP contribution in [-0.4, -0.2) is 36.8 Å². The first-order valence-electron chi connectivity index (χ1n) is 8.07. The number of aryl methyl sites for hydroxylation is 1. The molecule has 24 heavy (non-hydrogen) atoms. The minimum absolute atomic E-state index is 0.314. The molecule has 5 rings (SSSR count). The quantitative estimate of drug-likeness (QED) is 0.863. The van der Waals surface area contributed by atoms with E-state index in [4.69, 9.17) is 9.78 Å². The average molecular weight is 346 g/mol. The molecule has 2 saturated heterocycles. The number of anilines is 1. The molecule has 1 aromatic carbocycles. The number of thiazole rings is 1. The van der Waals surface area contributed by atoms with Crippen LogP contribution < -0.4 is 4.90 Å². The maximum absolute atomic E-state index is 10.0. The van der Waals surface area contributed by atoms with E-state index in [-0.39, 0.29) is 0 Å². The molecular formula is C18H22N2O3S. The lowest BCUT2D eigenvalue weighted by Gasteiger charge is -2.47. The van der Waals surface area contributed by atoms with Crippen molar-refractivity contribution < 1.29 is 14.6 Å². The number of hydrogen-bond donors (Lipinski definition) is 1. The fraction of sp³-hybridized carbons (Fsp3) is 0.444. The molecule has 5 nitrogen and oxygen atoms in total. The number of benzene rings is 1. The summed E-state index contributed by atoms with van der Waals surface area (Å²) >= 11 is 1.69. The van der Waals surface area contributed by atoms with Gasteiger partial charge < -0.3 is 14.7 Å². The van der Waals surface area contributed by atoms with Crippen molar-refractivity contribution in [1.29, 1.82) is 0 Å². The van der Waals surface area contributed by atoms with Crippen molar-refractivity contribution in [3.63, 3.8) is 0 Å². The van der Waals surface area contributed by atoms with Gasteiger partial charge in [-0.3, -0.25) is 4.79 Å². The van der Waals surface area contributed by atoms with E-state index in [1.807, 2.05) is 19.1 Å². The number of hydrogen-bond acceptors (Lipinski definition) is 6. The molecule has 1 saturated carbocycles. The molecule has 128 valence electrons. The standard InChI is InChI=1S/C16H18N2OS.C2H4O2/c1-10-2-3-15(19)13(4-10)14-9-20-16(17-14)18-7-11-5-12(6-11)8-18;1-4-2-3/h2-4,9,11-12,19H,5-8H2,1H3;2H,1H3. The number of methoxy groups -OCH3 is 1. The van der Waals surface area contributed by atoms with Crippen LogP contribution in [0.15, 0.2) is 23.6 Å². The molecule has 1 aromatic heterocycles. The number of aromatic nitrogens is 1. The van der Waals surface area contributed by atoms with Gasteiger partial charge >= 0.3 is 0 Å². The monoisotopic (exact) mass is 346 g/mol. The summed E-state index contributed by atoms with van der Waals surface area (Å²) in [6.45, 7) is 4.72. The molecule has 0 radical (unpaired) electrons. The molecule has 2 aliphatic heterocycles. The fourth-order valence-corrected chi connectivity index (χ4v) is 4.26. The summed E-state index contributed by atoms with van der Waals surface area (Å²) in [7, 11) is 1.31. The van der Waals surface area contributed by atoms with Crippen LogP contribution in [-0.2, 0) is 9.53 Å². The van der Waals surface area contributed by atoms with Crippen molar-refractivity contribution in [3.05, 3.63) is 29.1 Å². The molecule has 2 aromatic rings. The largest absolute Gasteiger partial charge is 0.507 e. The highest BCUT2D eigenvalue weighted by Gasteiger charge is 2.37. The number of rotatable bonds is 3. The Kier molecular flexibility index (Phi) is 5.04. The Morgan fingerprint density at radius 2 is 2.00 bits per heavy atom. The van der Waals surface area contributed by atoms with E-state index in [0.717, 1.165) is 46.9 Å². The number of nitrogens with zero attached hydrogens (tertiary/aromatic N) is 2. The van der Waals surface area contributed by atoms with Crippen LogP contribution in [0.2, 0.25) is 0 Å². The van der Waals surface area contributed by atoms with Gasteiger partial charge in [-0.2, -0.15) is 0 Å². The predicted molar refractivity (Wildman–Crippen MR) is 95.5 cm³/mol. The van der Waals surface area contributed by atoms with E-state index in [9.17, 15) is 5.11 Å². The Labute approximate surface area is 145 Å². The van der Waals surface area contributed by atoms with Gasteiger partial charge in [0.1, 0.15) is 5.75 Å². The summed E-state index contributed by atoms with van der Waals surface area (Å²) in [5.41, 5.74) is 2.88. The van der Waals surface area contributed by atoms with Crippen LogP contribution in [0.5, 0.6) is 5.75 Å². The smallest absolute Gasteiger partial charge is 0.292 e. The number of carbonyl (C=O) groups is 1. The Hall–Kier alpha value is -2.08. The fourth-order valence-electron chi connectivity index (χ4n) is 3.41. The molecule has 3 fully saturated rings. The Morgan fingerprint density at radius 3 is 2.62 bits per heavy atom. The van der Waals surface area contributed by atoms with Crippen LogP contribution in [0.1, 0.15) is 18.4 Å². The van der Waals surface area contributed by atoms with E-state index >= 15 is 0 Å². The van der Waals surface area contributed by atoms with Gasteiger partial charge in [-0.05, 0) is 43.7 Å². The summed E-state index contributed by atoms with van der Waals surface area (Å²) in [6, 6.07) is 5.67. The Bertz CT molecular complexity index is 700. The van der Waals surface area contributed by atoms with Gasteiger partial charge in [0.25, 0.3) is 6.47 Å². The molecule has 0 unspecified atom stereocenters. The zero-order valence-electron chi connectivity index (χ0n) is 13.9. The third-order valence-electron chi connectivity index (χ3n) is 4.58. The van der Waals surface area contributed by atoms with Crippen LogP contribution >= 0.6 is 11.3 Å². The second-order valence-corrected chi connectivity index (χ2v) is 7.31. The zero-order chi connectivity index (χ0) is 17.1. The highest BCUT2D eigenvalue weighted by atomic mass is 32.1. The van der Waals surface area contributed by atoms with E-state index < -0.39 is 0 Å². The Morgan fingerprint density at radius 1 is 1.33 bits per heavy atom. The van der Waals surface area contributed by atoms with Gasteiger partial charge in [0.05, 0.1) is 12.8 Å². The van der Waals surface area contributed by atoms with E-state index in [0.29, 0.717) is 12.2 Å². The number of ether oxygens (including phenoxy) is 1. The first-order valence-corrected chi connectivity index (χ1v) is 8.95. The van der Waals surface area contributed by atoms with Crippen molar-refractivity contribution in [2.24, 2.45) is 11.8 Å². The average Bonchev–Trinajstić information content (AvgIpc) is 3.07. The summed E-state index contributed by atoms with van der Waals surface area (Å²) in [5, 5.41) is 13.2. The third-order valence-corrected chi connectivity index (χ3v) is 5.48. The topological polar surface area (TPSA) is 62.7 Å². The van der Waals surface area contributed by atoms with Crippen molar-refractivity contribution >= 4 is 22.9 Å². The van der Waals surface area contributed by atoms with Gasteiger partial charge in [0.15, 0.2) is 5.13 Å². The first-order chi connectivity index (χ1) is 11.6. The van der Waals surface area contributed by atoms with Gasteiger partial charge in [-0.15, -0.1) is 11.3 Å². The molecule has 1 aliphatic carbocycles. The number of phenols is 1. The van der Waals surface area contributed by atoms with Crippen molar-refractivity contribution in [2.75, 3.05) is 25.1 Å². The number of fused-ring (bicyclic) bond motifs is 2. The second kappa shape index (κ2) is 7.21. The SMILES string of the molecule is COC=O.Cc1ccc(O)c(-c2csc(N3CC4CC(C4)C3)n2)c1. The number of aromatic hydroxyl groups is 1. The minimum Gasteiger partial charge on any atom is -0.507 e. The number of carbonyl (C=O) groups excluding carboxylic acids is 1. The molecule has 3 heterocycles. The van der Waals surface area contributed by atoms with E-state index in [2.05, 4.69) is 15.0 Å². The molecule has 1 N–H and O–H groups in total. The second-order valence-electron chi connectivity index (χ2n) is 6.48. The van der Waals surface area contributed by atoms with E-state index in [1.165, 1.54) is 20.0 Å². The zero-order valence-corrected chi connectivity index (χ0v) is 14.8. The van der Waals surface area contributed by atoms with Crippen LogP contribution in [0.3, 0.4) is 0 Å². The van der Waals surface area contributed by atoms with Crippen LogP contribution in [0.25, 0.3) is 11.3 Å². The highest BCUT2D eigenvalue weighted by molar-refractivity contribution is 7.14. The summed E-state index contributed by atoms with van der Waals surface area (Å²) < 4.78 is 3.86. The lowest BCUT2D eigenvalue weighted by Crippen LogP contribution is -2.48. The maximum atomic E-state index is 10.0.